The summed E-state index contributed by atoms with van der Waals surface area (Å²) in [6.07, 6.45) is 0.0137. The first-order chi connectivity index (χ1) is 6.22. The third kappa shape index (κ3) is 4.02. The van der Waals surface area contributed by atoms with Crippen molar-refractivity contribution in [1.29, 1.82) is 0 Å². The molecule has 1 rings (SSSR count). The van der Waals surface area contributed by atoms with Gasteiger partial charge in [0.2, 0.25) is 0 Å². The maximum absolute atomic E-state index is 5.43. The number of halogens is 1. The summed E-state index contributed by atoms with van der Waals surface area (Å²) in [6, 6.07) is 0. The summed E-state index contributed by atoms with van der Waals surface area (Å²) < 4.78 is 11.3. The molecule has 0 saturated carbocycles. The van der Waals surface area contributed by atoms with Crippen LogP contribution < -0.4 is 4.74 Å². The standard InChI is InChI=1S/C7H11BrN2O2S/c1-3-11-4-5(2)12-7-10-9-6(8)13-7/h5H,3-4H2,1-2H3. The Kier molecular flexibility index (Phi) is 4.61. The average Bonchev–Trinajstić information content (AvgIpc) is 2.48. The lowest BCUT2D eigenvalue weighted by Crippen LogP contribution is -2.18. The maximum atomic E-state index is 5.43. The molecule has 74 valence electrons. The van der Waals surface area contributed by atoms with Gasteiger partial charge in [0, 0.05) is 6.61 Å². The summed E-state index contributed by atoms with van der Waals surface area (Å²) in [4.78, 5) is 0. The van der Waals surface area contributed by atoms with E-state index < -0.39 is 0 Å². The third-order valence-electron chi connectivity index (χ3n) is 1.24. The second-order valence-corrected chi connectivity index (χ2v) is 4.62. The average molecular weight is 267 g/mol. The third-order valence-corrected chi connectivity index (χ3v) is 2.49. The van der Waals surface area contributed by atoms with E-state index in [4.69, 9.17) is 9.47 Å². The highest BCUT2D eigenvalue weighted by Gasteiger charge is 2.07. The zero-order valence-corrected chi connectivity index (χ0v) is 9.89. The highest BCUT2D eigenvalue weighted by molar-refractivity contribution is 9.11. The normalized spacial score (nSPS) is 12.8. The number of hydrogen-bond donors (Lipinski definition) is 0. The first-order valence-electron chi connectivity index (χ1n) is 3.95. The molecule has 1 atom stereocenters. The van der Waals surface area contributed by atoms with E-state index in [1.165, 1.54) is 11.3 Å². The molecule has 0 saturated heterocycles. The molecule has 0 aromatic carbocycles. The van der Waals surface area contributed by atoms with E-state index in [2.05, 4.69) is 26.1 Å². The second kappa shape index (κ2) is 5.51. The van der Waals surface area contributed by atoms with E-state index in [0.717, 1.165) is 3.92 Å². The minimum absolute atomic E-state index is 0.0137. The lowest BCUT2D eigenvalue weighted by atomic mass is 10.4. The molecule has 0 radical (unpaired) electrons. The van der Waals surface area contributed by atoms with Crippen molar-refractivity contribution in [2.45, 2.75) is 20.0 Å². The molecule has 13 heavy (non-hydrogen) atoms. The first kappa shape index (κ1) is 10.9. The molecule has 6 heteroatoms. The number of nitrogens with zero attached hydrogens (tertiary/aromatic N) is 2. The van der Waals surface area contributed by atoms with Crippen molar-refractivity contribution in [2.75, 3.05) is 13.2 Å². The van der Waals surface area contributed by atoms with Crippen molar-refractivity contribution in [3.63, 3.8) is 0 Å². The molecule has 0 fully saturated rings. The fraction of sp³-hybridized carbons (Fsp3) is 0.714. The van der Waals surface area contributed by atoms with Gasteiger partial charge < -0.3 is 9.47 Å². The van der Waals surface area contributed by atoms with Crippen molar-refractivity contribution >= 4 is 27.3 Å². The Morgan fingerprint density at radius 3 is 2.85 bits per heavy atom. The largest absolute Gasteiger partial charge is 0.463 e. The van der Waals surface area contributed by atoms with Gasteiger partial charge in [0.15, 0.2) is 3.92 Å². The Morgan fingerprint density at radius 1 is 1.54 bits per heavy atom. The molecule has 4 nitrogen and oxygen atoms in total. The molecule has 0 aliphatic rings. The molecule has 1 unspecified atom stereocenters. The van der Waals surface area contributed by atoms with Crippen LogP contribution in [0, 0.1) is 0 Å². The van der Waals surface area contributed by atoms with Gasteiger partial charge in [-0.3, -0.25) is 0 Å². The van der Waals surface area contributed by atoms with Crippen LogP contribution in [0.1, 0.15) is 13.8 Å². The van der Waals surface area contributed by atoms with Gasteiger partial charge in [-0.05, 0) is 41.1 Å². The summed E-state index contributed by atoms with van der Waals surface area (Å²) in [5.41, 5.74) is 0. The van der Waals surface area contributed by atoms with Gasteiger partial charge in [-0.1, -0.05) is 5.10 Å². The van der Waals surface area contributed by atoms with Crippen molar-refractivity contribution in [3.8, 4) is 5.19 Å². The smallest absolute Gasteiger partial charge is 0.295 e. The molecule has 0 bridgehead atoms. The van der Waals surface area contributed by atoms with Crippen molar-refractivity contribution < 1.29 is 9.47 Å². The van der Waals surface area contributed by atoms with Gasteiger partial charge in [0.25, 0.3) is 5.19 Å². The molecule has 1 aromatic rings. The fourth-order valence-corrected chi connectivity index (χ4v) is 1.75. The number of hydrogen-bond acceptors (Lipinski definition) is 5. The lowest BCUT2D eigenvalue weighted by Gasteiger charge is -2.10. The monoisotopic (exact) mass is 266 g/mol. The fourth-order valence-electron chi connectivity index (χ4n) is 0.731. The van der Waals surface area contributed by atoms with Gasteiger partial charge in [-0.25, -0.2) is 0 Å². The number of ether oxygens (including phenoxy) is 2. The van der Waals surface area contributed by atoms with Crippen LogP contribution in [-0.2, 0) is 4.74 Å². The van der Waals surface area contributed by atoms with Crippen molar-refractivity contribution in [1.82, 2.24) is 10.2 Å². The van der Waals surface area contributed by atoms with E-state index >= 15 is 0 Å². The quantitative estimate of drug-likeness (QED) is 0.819. The first-order valence-corrected chi connectivity index (χ1v) is 5.56. The van der Waals surface area contributed by atoms with Gasteiger partial charge in [0.1, 0.15) is 6.10 Å². The van der Waals surface area contributed by atoms with E-state index in [-0.39, 0.29) is 6.10 Å². The van der Waals surface area contributed by atoms with E-state index in [1.54, 1.807) is 0 Å². The highest BCUT2D eigenvalue weighted by atomic mass is 79.9. The molecular formula is C7H11BrN2O2S. The predicted octanol–water partition coefficient (Wildman–Crippen LogP) is 2.10. The zero-order valence-electron chi connectivity index (χ0n) is 7.49. The maximum Gasteiger partial charge on any atom is 0.295 e. The minimum atomic E-state index is 0.0137. The number of rotatable bonds is 5. The molecule has 1 aromatic heterocycles. The van der Waals surface area contributed by atoms with E-state index in [1.807, 2.05) is 13.8 Å². The van der Waals surface area contributed by atoms with Crippen LogP contribution in [0.4, 0.5) is 0 Å². The summed E-state index contributed by atoms with van der Waals surface area (Å²) in [7, 11) is 0. The Hall–Kier alpha value is -0.200. The predicted molar refractivity (Wildman–Crippen MR) is 54.2 cm³/mol. The SMILES string of the molecule is CCOCC(C)Oc1nnc(Br)s1. The Balaban J connectivity index is 2.31. The van der Waals surface area contributed by atoms with Crippen molar-refractivity contribution in [2.24, 2.45) is 0 Å². The molecule has 0 aliphatic carbocycles. The Morgan fingerprint density at radius 2 is 2.31 bits per heavy atom. The van der Waals surface area contributed by atoms with E-state index in [0.29, 0.717) is 18.4 Å². The summed E-state index contributed by atoms with van der Waals surface area (Å²) >= 11 is 4.57. The van der Waals surface area contributed by atoms with Crippen LogP contribution in [0.15, 0.2) is 3.92 Å². The van der Waals surface area contributed by atoms with Crippen LogP contribution in [0.2, 0.25) is 0 Å². The molecule has 0 amide bonds. The van der Waals surface area contributed by atoms with Gasteiger partial charge in [0.05, 0.1) is 6.61 Å². The summed E-state index contributed by atoms with van der Waals surface area (Å²) in [6.45, 7) is 5.17. The van der Waals surface area contributed by atoms with Crippen molar-refractivity contribution in [3.05, 3.63) is 3.92 Å². The molecule has 0 N–H and O–H groups in total. The van der Waals surface area contributed by atoms with Crippen LogP contribution in [0.25, 0.3) is 0 Å². The molecule has 1 heterocycles. The zero-order chi connectivity index (χ0) is 9.68. The minimum Gasteiger partial charge on any atom is -0.463 e. The Bertz CT molecular complexity index is 256. The van der Waals surface area contributed by atoms with Crippen LogP contribution in [-0.4, -0.2) is 29.5 Å². The highest BCUT2D eigenvalue weighted by Crippen LogP contribution is 2.23. The molecule has 0 spiro atoms. The van der Waals surface area contributed by atoms with Crippen LogP contribution in [0.5, 0.6) is 5.19 Å². The van der Waals surface area contributed by atoms with Crippen LogP contribution in [0.3, 0.4) is 0 Å². The van der Waals surface area contributed by atoms with E-state index in [9.17, 15) is 0 Å². The molecular weight excluding hydrogens is 256 g/mol. The Labute approximate surface area is 89.4 Å². The van der Waals surface area contributed by atoms with Gasteiger partial charge in [-0.15, -0.1) is 5.10 Å². The lowest BCUT2D eigenvalue weighted by molar-refractivity contribution is 0.0652. The number of aromatic nitrogens is 2. The topological polar surface area (TPSA) is 44.2 Å². The van der Waals surface area contributed by atoms with Gasteiger partial charge in [-0.2, -0.15) is 0 Å². The second-order valence-electron chi connectivity index (χ2n) is 2.41. The molecule has 0 aliphatic heterocycles. The van der Waals surface area contributed by atoms with Gasteiger partial charge >= 0.3 is 0 Å². The summed E-state index contributed by atoms with van der Waals surface area (Å²) in [5.74, 6) is 0. The van der Waals surface area contributed by atoms with Crippen LogP contribution >= 0.6 is 27.3 Å². The summed E-state index contributed by atoms with van der Waals surface area (Å²) in [5, 5.41) is 8.15.